The first-order valence-electron chi connectivity index (χ1n) is 8.88. The van der Waals surface area contributed by atoms with Crippen LogP contribution in [0.15, 0.2) is 48.5 Å². The van der Waals surface area contributed by atoms with Gasteiger partial charge in [0.25, 0.3) is 0 Å². The molecule has 25 heavy (non-hydrogen) atoms. The van der Waals surface area contributed by atoms with Crippen LogP contribution in [0.2, 0.25) is 5.02 Å². The highest BCUT2D eigenvalue weighted by molar-refractivity contribution is 6.54. The fourth-order valence-electron chi connectivity index (χ4n) is 2.39. The minimum absolute atomic E-state index is 0.238. The number of benzene rings is 1. The summed E-state index contributed by atoms with van der Waals surface area (Å²) in [5.74, 6) is 0.719. The first-order chi connectivity index (χ1) is 11.5. The zero-order valence-corrected chi connectivity index (χ0v) is 17.5. The van der Waals surface area contributed by atoms with Gasteiger partial charge in [-0.15, -0.1) is 0 Å². The molecule has 1 aliphatic rings. The molecule has 1 aliphatic heterocycles. The zero-order chi connectivity index (χ0) is 19.3. The maximum Gasteiger partial charge on any atom is 0.490 e. The summed E-state index contributed by atoms with van der Waals surface area (Å²) in [6.45, 7) is 18.3. The van der Waals surface area contributed by atoms with E-state index in [4.69, 9.17) is 20.9 Å². The van der Waals surface area contributed by atoms with Gasteiger partial charge in [-0.1, -0.05) is 56.3 Å². The van der Waals surface area contributed by atoms with E-state index >= 15 is 0 Å². The van der Waals surface area contributed by atoms with Crippen LogP contribution in [0.4, 0.5) is 0 Å². The third kappa shape index (κ3) is 6.65. The largest absolute Gasteiger partial charge is 0.490 e. The van der Waals surface area contributed by atoms with Gasteiger partial charge in [0.1, 0.15) is 0 Å². The van der Waals surface area contributed by atoms with Crippen LogP contribution in [0.3, 0.4) is 0 Å². The van der Waals surface area contributed by atoms with Gasteiger partial charge in [0.05, 0.1) is 11.2 Å². The average Bonchev–Trinajstić information content (AvgIpc) is 2.71. The van der Waals surface area contributed by atoms with E-state index in [1.54, 1.807) is 6.08 Å². The van der Waals surface area contributed by atoms with E-state index in [-0.39, 0.29) is 18.3 Å². The molecular weight excluding hydrogens is 330 g/mol. The summed E-state index contributed by atoms with van der Waals surface area (Å²) in [7, 11) is -0.238. The standard InChI is InChI=1S/C11H19BO2.C10H13Cl/c1-7-8-9(2)12-13-10(3,4)11(5,6)14-12;1-8(2)7-9-3-5-10(11)6-4-9/h7-8H,1H2,2-6H3;3-6,8H,7H2,1-2H3/b9-8+;. The Kier molecular flexibility index (Phi) is 7.99. The van der Waals surface area contributed by atoms with Crippen molar-refractivity contribution in [3.05, 3.63) is 59.1 Å². The lowest BCUT2D eigenvalue weighted by Crippen LogP contribution is -2.41. The molecule has 0 aromatic heterocycles. The van der Waals surface area contributed by atoms with Gasteiger partial charge in [0.2, 0.25) is 0 Å². The summed E-state index contributed by atoms with van der Waals surface area (Å²) in [5.41, 5.74) is 1.91. The smallest absolute Gasteiger partial charge is 0.400 e. The molecule has 2 rings (SSSR count). The molecule has 1 heterocycles. The molecule has 0 unspecified atom stereocenters. The second kappa shape index (κ2) is 9.07. The van der Waals surface area contributed by atoms with Crippen molar-refractivity contribution in [3.8, 4) is 0 Å². The fraction of sp³-hybridized carbons (Fsp3) is 0.524. The molecule has 0 bridgehead atoms. The van der Waals surface area contributed by atoms with Gasteiger partial charge in [-0.25, -0.2) is 0 Å². The zero-order valence-electron chi connectivity index (χ0n) is 16.7. The lowest BCUT2D eigenvalue weighted by atomic mass is 9.79. The average molecular weight is 363 g/mol. The van der Waals surface area contributed by atoms with Gasteiger partial charge in [-0.05, 0) is 70.1 Å². The van der Waals surface area contributed by atoms with Crippen LogP contribution >= 0.6 is 11.6 Å². The molecule has 0 radical (unpaired) electrons. The fourth-order valence-corrected chi connectivity index (χ4v) is 2.51. The summed E-state index contributed by atoms with van der Waals surface area (Å²) in [6, 6.07) is 8.06. The molecule has 1 fully saturated rings. The molecule has 138 valence electrons. The monoisotopic (exact) mass is 362 g/mol. The van der Waals surface area contributed by atoms with E-state index in [1.165, 1.54) is 5.56 Å². The number of halogens is 1. The highest BCUT2D eigenvalue weighted by Crippen LogP contribution is 2.38. The molecule has 1 aromatic rings. The Balaban J connectivity index is 0.000000257. The Labute approximate surface area is 159 Å². The highest BCUT2D eigenvalue weighted by Gasteiger charge is 2.51. The van der Waals surface area contributed by atoms with Crippen LogP contribution in [0.5, 0.6) is 0 Å². The predicted octanol–water partition coefficient (Wildman–Crippen LogP) is 6.29. The molecule has 0 saturated carbocycles. The van der Waals surface area contributed by atoms with Crippen molar-refractivity contribution >= 4 is 18.7 Å². The van der Waals surface area contributed by atoms with Crippen molar-refractivity contribution in [1.82, 2.24) is 0 Å². The summed E-state index contributed by atoms with van der Waals surface area (Å²) in [6.07, 6.45) is 4.81. The Morgan fingerprint density at radius 3 is 2.00 bits per heavy atom. The summed E-state index contributed by atoms with van der Waals surface area (Å²) >= 11 is 5.75. The predicted molar refractivity (Wildman–Crippen MR) is 110 cm³/mol. The van der Waals surface area contributed by atoms with Crippen molar-refractivity contribution in [2.75, 3.05) is 0 Å². The summed E-state index contributed by atoms with van der Waals surface area (Å²) < 4.78 is 11.7. The van der Waals surface area contributed by atoms with Gasteiger partial charge < -0.3 is 9.31 Å². The Hall–Kier alpha value is -1.03. The van der Waals surface area contributed by atoms with Gasteiger partial charge in [0, 0.05) is 5.02 Å². The molecule has 0 aliphatic carbocycles. The number of rotatable bonds is 4. The van der Waals surface area contributed by atoms with Crippen LogP contribution in [-0.4, -0.2) is 18.3 Å². The second-order valence-corrected chi connectivity index (χ2v) is 8.40. The molecule has 2 nitrogen and oxygen atoms in total. The lowest BCUT2D eigenvalue weighted by Gasteiger charge is -2.32. The molecule has 0 amide bonds. The van der Waals surface area contributed by atoms with Crippen LogP contribution in [-0.2, 0) is 15.7 Å². The molecule has 0 N–H and O–H groups in total. The van der Waals surface area contributed by atoms with E-state index in [9.17, 15) is 0 Å². The quantitative estimate of drug-likeness (QED) is 0.463. The van der Waals surface area contributed by atoms with Crippen molar-refractivity contribution < 1.29 is 9.31 Å². The van der Waals surface area contributed by atoms with Gasteiger partial charge in [-0.2, -0.15) is 0 Å². The number of hydrogen-bond acceptors (Lipinski definition) is 2. The highest BCUT2D eigenvalue weighted by atomic mass is 35.5. The molecular formula is C21H32BClO2. The maximum absolute atomic E-state index is 5.84. The minimum Gasteiger partial charge on any atom is -0.400 e. The molecule has 0 spiro atoms. The molecule has 1 aromatic carbocycles. The van der Waals surface area contributed by atoms with Crippen molar-refractivity contribution in [3.63, 3.8) is 0 Å². The summed E-state index contributed by atoms with van der Waals surface area (Å²) in [4.78, 5) is 0. The minimum atomic E-state index is -0.256. The lowest BCUT2D eigenvalue weighted by molar-refractivity contribution is 0.00578. The van der Waals surface area contributed by atoms with Gasteiger partial charge in [-0.3, -0.25) is 0 Å². The van der Waals surface area contributed by atoms with Gasteiger partial charge in [0.15, 0.2) is 0 Å². The number of hydrogen-bond donors (Lipinski definition) is 0. The Morgan fingerprint density at radius 1 is 1.12 bits per heavy atom. The molecule has 1 saturated heterocycles. The molecule has 0 atom stereocenters. The maximum atomic E-state index is 5.84. The van der Waals surface area contributed by atoms with Crippen LogP contribution < -0.4 is 0 Å². The Morgan fingerprint density at radius 2 is 1.60 bits per heavy atom. The van der Waals surface area contributed by atoms with Crippen molar-refractivity contribution in [2.24, 2.45) is 5.92 Å². The van der Waals surface area contributed by atoms with Gasteiger partial charge >= 0.3 is 7.12 Å². The van der Waals surface area contributed by atoms with E-state index in [0.717, 1.165) is 22.8 Å². The van der Waals surface area contributed by atoms with Crippen LogP contribution in [0.25, 0.3) is 0 Å². The van der Waals surface area contributed by atoms with Crippen LogP contribution in [0.1, 0.15) is 54.0 Å². The van der Waals surface area contributed by atoms with Crippen molar-refractivity contribution in [1.29, 1.82) is 0 Å². The van der Waals surface area contributed by atoms with E-state index in [1.807, 2.05) is 52.8 Å². The molecule has 4 heteroatoms. The third-order valence-corrected chi connectivity index (χ3v) is 4.81. The van der Waals surface area contributed by atoms with E-state index in [2.05, 4.69) is 32.6 Å². The van der Waals surface area contributed by atoms with Crippen LogP contribution in [0, 0.1) is 5.92 Å². The first-order valence-corrected chi connectivity index (χ1v) is 9.25. The SMILES string of the molecule is C=C/C=C(\C)B1OC(C)(C)C(C)(C)O1.CC(C)Cc1ccc(Cl)cc1. The Bertz CT molecular complexity index is 572. The number of allylic oxidation sites excluding steroid dienone is 3. The van der Waals surface area contributed by atoms with E-state index < -0.39 is 0 Å². The first kappa shape index (κ1) is 22.0. The van der Waals surface area contributed by atoms with Crippen molar-refractivity contribution in [2.45, 2.75) is 66.1 Å². The summed E-state index contributed by atoms with van der Waals surface area (Å²) in [5, 5.41) is 0.817. The topological polar surface area (TPSA) is 18.5 Å². The van der Waals surface area contributed by atoms with E-state index in [0.29, 0.717) is 0 Å². The normalized spacial score (nSPS) is 18.8. The third-order valence-electron chi connectivity index (χ3n) is 4.56. The second-order valence-electron chi connectivity index (χ2n) is 7.96.